The topological polar surface area (TPSA) is 46.5 Å². The van der Waals surface area contributed by atoms with Crippen LogP contribution >= 0.6 is 0 Å². The summed E-state index contributed by atoms with van der Waals surface area (Å²) in [5.41, 5.74) is 1.87. The first-order chi connectivity index (χ1) is 11.7. The molecular weight excluding hydrogens is 302 g/mol. The van der Waals surface area contributed by atoms with E-state index in [-0.39, 0.29) is 5.91 Å². The minimum atomic E-state index is 0.0181. The molecule has 1 aliphatic heterocycles. The number of likely N-dealkylation sites (N-methyl/N-ethyl adjacent to an activating group) is 1. The zero-order valence-electron chi connectivity index (χ0n) is 14.6. The fraction of sp³-hybridized carbons (Fsp3) is 0.526. The normalized spacial score (nSPS) is 18.3. The van der Waals surface area contributed by atoms with E-state index >= 15 is 0 Å². The Morgan fingerprint density at radius 2 is 2.25 bits per heavy atom. The van der Waals surface area contributed by atoms with E-state index in [1.54, 1.807) is 7.11 Å². The Balaban J connectivity index is 1.64. The van der Waals surface area contributed by atoms with E-state index in [0.717, 1.165) is 42.6 Å². The van der Waals surface area contributed by atoms with Crippen molar-refractivity contribution in [1.82, 2.24) is 14.8 Å². The van der Waals surface area contributed by atoms with Crippen molar-refractivity contribution in [1.29, 1.82) is 0 Å². The average molecular weight is 329 g/mol. The summed E-state index contributed by atoms with van der Waals surface area (Å²) in [5, 5.41) is 4.20. The van der Waals surface area contributed by atoms with Crippen molar-refractivity contribution in [2.24, 2.45) is 0 Å². The van der Waals surface area contributed by atoms with Crippen molar-refractivity contribution in [2.45, 2.75) is 32.4 Å². The number of rotatable bonds is 7. The summed E-state index contributed by atoms with van der Waals surface area (Å²) < 4.78 is 7.29. The van der Waals surface area contributed by atoms with Gasteiger partial charge in [-0.15, -0.1) is 0 Å². The van der Waals surface area contributed by atoms with Gasteiger partial charge in [0, 0.05) is 48.9 Å². The molecule has 0 bridgehead atoms. The van der Waals surface area contributed by atoms with Gasteiger partial charge in [0.2, 0.25) is 0 Å². The van der Waals surface area contributed by atoms with Crippen molar-refractivity contribution in [2.75, 3.05) is 33.4 Å². The number of benzene rings is 1. The van der Waals surface area contributed by atoms with Gasteiger partial charge in [-0.3, -0.25) is 9.69 Å². The van der Waals surface area contributed by atoms with Crippen LogP contribution in [0, 0.1) is 0 Å². The molecule has 5 heteroatoms. The number of fused-ring (bicyclic) bond motifs is 1. The van der Waals surface area contributed by atoms with Gasteiger partial charge in [0.25, 0.3) is 5.91 Å². The number of amides is 1. The van der Waals surface area contributed by atoms with Crippen molar-refractivity contribution in [3.05, 3.63) is 36.0 Å². The van der Waals surface area contributed by atoms with Crippen LogP contribution in [0.2, 0.25) is 0 Å². The molecule has 2 aromatic rings. The number of carbonyl (C=O) groups is 1. The molecule has 0 aliphatic carbocycles. The van der Waals surface area contributed by atoms with Crippen LogP contribution in [-0.4, -0.2) is 54.8 Å². The molecule has 130 valence electrons. The highest BCUT2D eigenvalue weighted by Gasteiger charge is 2.23. The van der Waals surface area contributed by atoms with Crippen LogP contribution in [0.3, 0.4) is 0 Å². The van der Waals surface area contributed by atoms with Gasteiger partial charge in [-0.25, -0.2) is 0 Å². The summed E-state index contributed by atoms with van der Waals surface area (Å²) in [6.07, 6.45) is 4.45. The average Bonchev–Trinajstić information content (AvgIpc) is 3.23. The highest BCUT2D eigenvalue weighted by molar-refractivity contribution is 5.98. The molecule has 0 spiro atoms. The first kappa shape index (κ1) is 17.0. The number of carbonyl (C=O) groups excluding carboxylic acids is 1. The Morgan fingerprint density at radius 1 is 1.38 bits per heavy atom. The van der Waals surface area contributed by atoms with Crippen LogP contribution in [0.4, 0.5) is 0 Å². The maximum Gasteiger partial charge on any atom is 0.251 e. The second-order valence-electron chi connectivity index (χ2n) is 6.41. The van der Waals surface area contributed by atoms with Crippen molar-refractivity contribution in [3.63, 3.8) is 0 Å². The lowest BCUT2D eigenvalue weighted by atomic mass is 10.1. The first-order valence-electron chi connectivity index (χ1n) is 8.83. The molecule has 1 N–H and O–H groups in total. The van der Waals surface area contributed by atoms with Gasteiger partial charge in [0.05, 0.1) is 6.61 Å². The fourth-order valence-electron chi connectivity index (χ4n) is 3.58. The second-order valence-corrected chi connectivity index (χ2v) is 6.41. The lowest BCUT2D eigenvalue weighted by Gasteiger charge is -2.22. The predicted octanol–water partition coefficient (Wildman–Crippen LogP) is 2.50. The first-order valence-corrected chi connectivity index (χ1v) is 8.83. The molecule has 3 rings (SSSR count). The summed E-state index contributed by atoms with van der Waals surface area (Å²) in [4.78, 5) is 14.9. The van der Waals surface area contributed by atoms with Gasteiger partial charge < -0.3 is 14.6 Å². The summed E-state index contributed by atoms with van der Waals surface area (Å²) in [6.45, 7) is 6.63. The van der Waals surface area contributed by atoms with E-state index in [2.05, 4.69) is 27.8 Å². The molecule has 0 saturated carbocycles. The van der Waals surface area contributed by atoms with Gasteiger partial charge in [-0.05, 0) is 50.2 Å². The maximum absolute atomic E-state index is 12.5. The van der Waals surface area contributed by atoms with E-state index in [9.17, 15) is 4.79 Å². The van der Waals surface area contributed by atoms with E-state index < -0.39 is 0 Å². The second kappa shape index (κ2) is 7.81. The smallest absolute Gasteiger partial charge is 0.251 e. The van der Waals surface area contributed by atoms with Crippen LogP contribution in [-0.2, 0) is 11.3 Å². The molecule has 1 fully saturated rings. The van der Waals surface area contributed by atoms with Crippen molar-refractivity contribution in [3.8, 4) is 0 Å². The lowest BCUT2D eigenvalue weighted by Crippen LogP contribution is -2.40. The molecule has 1 aromatic carbocycles. The number of aromatic nitrogens is 1. The van der Waals surface area contributed by atoms with Gasteiger partial charge in [-0.2, -0.15) is 0 Å². The van der Waals surface area contributed by atoms with E-state index in [1.807, 2.05) is 24.4 Å². The number of nitrogens with one attached hydrogen (secondary N) is 1. The minimum absolute atomic E-state index is 0.0181. The number of ether oxygens (including phenoxy) is 1. The molecule has 1 atom stereocenters. The molecule has 5 nitrogen and oxygen atoms in total. The van der Waals surface area contributed by atoms with E-state index in [4.69, 9.17) is 4.74 Å². The number of hydrogen-bond acceptors (Lipinski definition) is 3. The fourth-order valence-corrected chi connectivity index (χ4v) is 3.58. The Bertz CT molecular complexity index is 695. The highest BCUT2D eigenvalue weighted by Crippen LogP contribution is 2.19. The lowest BCUT2D eigenvalue weighted by molar-refractivity contribution is 0.0941. The van der Waals surface area contributed by atoms with Gasteiger partial charge in [0.1, 0.15) is 0 Å². The molecule has 0 radical (unpaired) electrons. The monoisotopic (exact) mass is 329 g/mol. The standard InChI is InChI=1S/C19H27N3O2/c1-3-21-9-4-5-17(21)14-20-19(23)16-6-7-18-15(13-16)8-10-22(18)11-12-24-2/h6-8,10,13,17H,3-5,9,11-12,14H2,1-2H3,(H,20,23). The van der Waals surface area contributed by atoms with Crippen LogP contribution in [0.1, 0.15) is 30.1 Å². The summed E-state index contributed by atoms with van der Waals surface area (Å²) in [5.74, 6) is 0.0181. The van der Waals surface area contributed by atoms with E-state index in [0.29, 0.717) is 12.6 Å². The number of nitrogens with zero attached hydrogens (tertiary/aromatic N) is 2. The van der Waals surface area contributed by atoms with Crippen LogP contribution in [0.25, 0.3) is 10.9 Å². The third kappa shape index (κ3) is 3.62. The van der Waals surface area contributed by atoms with Crippen LogP contribution in [0.5, 0.6) is 0 Å². The maximum atomic E-state index is 12.5. The molecule has 1 aliphatic rings. The van der Waals surface area contributed by atoms with E-state index in [1.165, 1.54) is 12.8 Å². The molecule has 2 heterocycles. The molecule has 1 amide bonds. The highest BCUT2D eigenvalue weighted by atomic mass is 16.5. The van der Waals surface area contributed by atoms with Gasteiger partial charge in [-0.1, -0.05) is 6.92 Å². The Kier molecular flexibility index (Phi) is 5.53. The summed E-state index contributed by atoms with van der Waals surface area (Å²) in [6, 6.07) is 8.44. The minimum Gasteiger partial charge on any atom is -0.383 e. The largest absolute Gasteiger partial charge is 0.383 e. The third-order valence-electron chi connectivity index (χ3n) is 4.97. The van der Waals surface area contributed by atoms with Gasteiger partial charge in [0.15, 0.2) is 0 Å². The molecule has 1 saturated heterocycles. The number of methoxy groups -OCH3 is 1. The zero-order chi connectivity index (χ0) is 16.9. The SMILES string of the molecule is CCN1CCCC1CNC(=O)c1ccc2c(ccn2CCOC)c1. The third-order valence-corrected chi connectivity index (χ3v) is 4.97. The Labute approximate surface area is 143 Å². The number of likely N-dealkylation sites (tertiary alicyclic amines) is 1. The van der Waals surface area contributed by atoms with Crippen molar-refractivity contribution < 1.29 is 9.53 Å². The Hall–Kier alpha value is -1.85. The molecule has 1 aromatic heterocycles. The molecule has 1 unspecified atom stereocenters. The number of hydrogen-bond donors (Lipinski definition) is 1. The summed E-state index contributed by atoms with van der Waals surface area (Å²) >= 11 is 0. The van der Waals surface area contributed by atoms with Gasteiger partial charge >= 0.3 is 0 Å². The predicted molar refractivity (Wildman–Crippen MR) is 96.4 cm³/mol. The quantitative estimate of drug-likeness (QED) is 0.849. The molecular formula is C19H27N3O2. The molecule has 24 heavy (non-hydrogen) atoms. The summed E-state index contributed by atoms with van der Waals surface area (Å²) in [7, 11) is 1.71. The van der Waals surface area contributed by atoms with Crippen LogP contribution in [0.15, 0.2) is 30.5 Å². The zero-order valence-corrected chi connectivity index (χ0v) is 14.6. The Morgan fingerprint density at radius 3 is 3.04 bits per heavy atom. The van der Waals surface area contributed by atoms with Crippen LogP contribution < -0.4 is 5.32 Å². The van der Waals surface area contributed by atoms with Crippen molar-refractivity contribution >= 4 is 16.8 Å².